The van der Waals surface area contributed by atoms with Crippen LogP contribution in [0.2, 0.25) is 0 Å². The van der Waals surface area contributed by atoms with Crippen LogP contribution < -0.4 is 20.3 Å². The normalized spacial score (nSPS) is 10.6. The van der Waals surface area contributed by atoms with Crippen molar-refractivity contribution in [1.82, 2.24) is 9.55 Å². The molecule has 0 atom stereocenters. The topological polar surface area (TPSA) is 82.5 Å². The third kappa shape index (κ3) is 4.11. The van der Waals surface area contributed by atoms with Crippen LogP contribution in [0.25, 0.3) is 11.0 Å². The van der Waals surface area contributed by atoms with Crippen molar-refractivity contribution in [3.05, 3.63) is 94.4 Å². The van der Waals surface area contributed by atoms with Crippen LogP contribution in [0.5, 0.6) is 11.5 Å². The maximum absolute atomic E-state index is 13.3. The van der Waals surface area contributed by atoms with Crippen LogP contribution in [-0.2, 0) is 6.54 Å². The van der Waals surface area contributed by atoms with Gasteiger partial charge < -0.3 is 14.8 Å². The summed E-state index contributed by atoms with van der Waals surface area (Å²) in [5.74, 6) is 0.511. The van der Waals surface area contributed by atoms with Crippen molar-refractivity contribution in [1.29, 1.82) is 0 Å². The molecule has 0 unspecified atom stereocenters. The van der Waals surface area contributed by atoms with Crippen LogP contribution in [0, 0.1) is 0 Å². The fraction of sp³-hybridized carbons (Fsp3) is 0.125. The average molecular weight is 415 g/mol. The summed E-state index contributed by atoms with van der Waals surface area (Å²) in [4.78, 5) is 30.6. The van der Waals surface area contributed by atoms with Crippen molar-refractivity contribution in [3.63, 3.8) is 0 Å². The molecule has 0 spiro atoms. The van der Waals surface area contributed by atoms with Crippen molar-refractivity contribution in [3.8, 4) is 11.5 Å². The molecule has 0 fully saturated rings. The highest BCUT2D eigenvalue weighted by Crippen LogP contribution is 2.29. The number of carbonyl (C=O) groups excluding carboxylic acids is 1. The van der Waals surface area contributed by atoms with Gasteiger partial charge in [0.05, 0.1) is 20.8 Å². The molecular weight excluding hydrogens is 394 g/mol. The molecule has 0 aliphatic rings. The van der Waals surface area contributed by atoms with Gasteiger partial charge in [-0.1, -0.05) is 30.3 Å². The first-order chi connectivity index (χ1) is 15.1. The van der Waals surface area contributed by atoms with E-state index in [1.54, 1.807) is 36.5 Å². The molecule has 31 heavy (non-hydrogen) atoms. The molecule has 1 amide bonds. The van der Waals surface area contributed by atoms with Gasteiger partial charge in [-0.25, -0.2) is 4.98 Å². The van der Waals surface area contributed by atoms with Crippen LogP contribution in [0.3, 0.4) is 0 Å². The predicted molar refractivity (Wildman–Crippen MR) is 119 cm³/mol. The Hall–Kier alpha value is -4.13. The number of amides is 1. The molecule has 0 saturated carbocycles. The summed E-state index contributed by atoms with van der Waals surface area (Å²) >= 11 is 0. The monoisotopic (exact) mass is 415 g/mol. The van der Waals surface area contributed by atoms with E-state index in [1.807, 2.05) is 36.4 Å². The van der Waals surface area contributed by atoms with Crippen molar-refractivity contribution >= 4 is 22.6 Å². The number of methoxy groups -OCH3 is 2. The molecule has 2 aromatic heterocycles. The second-order valence-corrected chi connectivity index (χ2v) is 6.88. The van der Waals surface area contributed by atoms with Crippen LogP contribution in [0.4, 0.5) is 5.69 Å². The maximum atomic E-state index is 13.3. The van der Waals surface area contributed by atoms with Crippen molar-refractivity contribution in [2.45, 2.75) is 6.54 Å². The molecular formula is C24H21N3O4. The van der Waals surface area contributed by atoms with Gasteiger partial charge in [-0.3, -0.25) is 14.2 Å². The van der Waals surface area contributed by atoms with E-state index < -0.39 is 11.5 Å². The molecule has 0 aliphatic carbocycles. The SMILES string of the molecule is COc1ccc(NC(=O)c2cc3cccnc3n(Cc3ccccc3)c2=O)cc1OC. The Balaban J connectivity index is 1.74. The van der Waals surface area contributed by atoms with Crippen molar-refractivity contribution < 1.29 is 14.3 Å². The molecule has 0 bridgehead atoms. The molecule has 7 heteroatoms. The molecule has 1 N–H and O–H groups in total. The molecule has 4 rings (SSSR count). The van der Waals surface area contributed by atoms with E-state index in [2.05, 4.69) is 10.3 Å². The molecule has 0 aliphatic heterocycles. The van der Waals surface area contributed by atoms with Crippen molar-refractivity contribution in [2.24, 2.45) is 0 Å². The minimum atomic E-state index is -0.509. The largest absolute Gasteiger partial charge is 0.493 e. The minimum absolute atomic E-state index is 0.0335. The fourth-order valence-electron chi connectivity index (χ4n) is 3.39. The van der Waals surface area contributed by atoms with Gasteiger partial charge in [-0.2, -0.15) is 0 Å². The average Bonchev–Trinajstić information content (AvgIpc) is 2.81. The molecule has 2 aromatic carbocycles. The number of hydrogen-bond acceptors (Lipinski definition) is 5. The van der Waals surface area contributed by atoms with Gasteiger partial charge >= 0.3 is 0 Å². The van der Waals surface area contributed by atoms with E-state index >= 15 is 0 Å². The van der Waals surface area contributed by atoms with Crippen LogP contribution in [0.15, 0.2) is 77.7 Å². The number of hydrogen-bond donors (Lipinski definition) is 1. The number of aromatic nitrogens is 2. The number of fused-ring (bicyclic) bond motifs is 1. The molecule has 7 nitrogen and oxygen atoms in total. The second-order valence-electron chi connectivity index (χ2n) is 6.88. The lowest BCUT2D eigenvalue weighted by atomic mass is 10.1. The second kappa shape index (κ2) is 8.71. The third-order valence-corrected chi connectivity index (χ3v) is 4.92. The highest BCUT2D eigenvalue weighted by Gasteiger charge is 2.17. The van der Waals surface area contributed by atoms with Gasteiger partial charge in [0.25, 0.3) is 11.5 Å². The number of nitrogens with one attached hydrogen (secondary N) is 1. The number of rotatable bonds is 6. The Morgan fingerprint density at radius 3 is 2.48 bits per heavy atom. The number of nitrogens with zero attached hydrogens (tertiary/aromatic N) is 2. The third-order valence-electron chi connectivity index (χ3n) is 4.92. The molecule has 0 saturated heterocycles. The first-order valence-corrected chi connectivity index (χ1v) is 9.66. The lowest BCUT2D eigenvalue weighted by Crippen LogP contribution is -2.30. The Morgan fingerprint density at radius 1 is 0.968 bits per heavy atom. The highest BCUT2D eigenvalue weighted by molar-refractivity contribution is 6.05. The predicted octanol–water partition coefficient (Wildman–Crippen LogP) is 3.71. The molecule has 2 heterocycles. The summed E-state index contributed by atoms with van der Waals surface area (Å²) in [5, 5.41) is 3.48. The summed E-state index contributed by atoms with van der Waals surface area (Å²) in [5.41, 5.74) is 1.58. The summed E-state index contributed by atoms with van der Waals surface area (Å²) in [6, 6.07) is 19.8. The summed E-state index contributed by atoms with van der Waals surface area (Å²) in [6.45, 7) is 0.310. The Labute approximate surface area is 178 Å². The van der Waals surface area contributed by atoms with E-state index in [0.29, 0.717) is 34.8 Å². The fourth-order valence-corrected chi connectivity index (χ4v) is 3.39. The van der Waals surface area contributed by atoms with Crippen LogP contribution in [-0.4, -0.2) is 29.7 Å². The minimum Gasteiger partial charge on any atom is -0.493 e. The first kappa shape index (κ1) is 20.2. The van der Waals surface area contributed by atoms with Gasteiger partial charge in [0, 0.05) is 23.3 Å². The lowest BCUT2D eigenvalue weighted by Gasteiger charge is -2.13. The quantitative estimate of drug-likeness (QED) is 0.519. The van der Waals surface area contributed by atoms with E-state index in [1.165, 1.54) is 18.8 Å². The Bertz CT molecular complexity index is 1300. The number of carbonyl (C=O) groups is 1. The number of pyridine rings is 2. The zero-order valence-electron chi connectivity index (χ0n) is 17.2. The van der Waals surface area contributed by atoms with Gasteiger partial charge in [-0.05, 0) is 35.9 Å². The van der Waals surface area contributed by atoms with Crippen LogP contribution in [0.1, 0.15) is 15.9 Å². The zero-order chi connectivity index (χ0) is 21.8. The first-order valence-electron chi connectivity index (χ1n) is 9.66. The zero-order valence-corrected chi connectivity index (χ0v) is 17.2. The standard InChI is InChI=1S/C24H21N3O4/c1-30-20-11-10-18(14-21(20)31-2)26-23(28)19-13-17-9-6-12-25-22(17)27(24(19)29)15-16-7-4-3-5-8-16/h3-14H,15H2,1-2H3,(H,26,28). The van der Waals surface area contributed by atoms with Gasteiger partial charge in [0.15, 0.2) is 11.5 Å². The van der Waals surface area contributed by atoms with E-state index in [9.17, 15) is 9.59 Å². The highest BCUT2D eigenvalue weighted by atomic mass is 16.5. The summed E-state index contributed by atoms with van der Waals surface area (Å²) < 4.78 is 12.0. The number of anilines is 1. The van der Waals surface area contributed by atoms with Gasteiger partial charge in [0.2, 0.25) is 0 Å². The maximum Gasteiger partial charge on any atom is 0.265 e. The van der Waals surface area contributed by atoms with E-state index in [0.717, 1.165) is 5.56 Å². The Kier molecular flexibility index (Phi) is 5.66. The van der Waals surface area contributed by atoms with E-state index in [4.69, 9.17) is 9.47 Å². The van der Waals surface area contributed by atoms with Crippen molar-refractivity contribution in [2.75, 3.05) is 19.5 Å². The lowest BCUT2D eigenvalue weighted by molar-refractivity contribution is 0.102. The number of ether oxygens (including phenoxy) is 2. The summed E-state index contributed by atoms with van der Waals surface area (Å²) in [6.07, 6.45) is 1.63. The molecule has 0 radical (unpaired) electrons. The van der Waals surface area contributed by atoms with Gasteiger partial charge in [-0.15, -0.1) is 0 Å². The molecule has 156 valence electrons. The smallest absolute Gasteiger partial charge is 0.265 e. The van der Waals surface area contributed by atoms with E-state index in [-0.39, 0.29) is 5.56 Å². The summed E-state index contributed by atoms with van der Waals surface area (Å²) in [7, 11) is 3.05. The Morgan fingerprint density at radius 2 is 1.74 bits per heavy atom. The van der Waals surface area contributed by atoms with Gasteiger partial charge in [0.1, 0.15) is 11.2 Å². The number of benzene rings is 2. The van der Waals surface area contributed by atoms with Crippen LogP contribution >= 0.6 is 0 Å². The molecule has 4 aromatic rings.